The smallest absolute Gasteiger partial charge is 0.170 e. The number of halogens is 1. The Kier molecular flexibility index (Phi) is 8.51. The third-order valence-corrected chi connectivity index (χ3v) is 8.09. The Labute approximate surface area is 226 Å². The number of hydrogen-bond acceptors (Lipinski definition) is 10. The molecular weight excluding hydrogens is 527 g/mol. The maximum atomic E-state index is 13.8. The SMILES string of the molecule is CCO[C@H](c1ncc(F)cn1)[C@H](C)S(=O)(=O)Cc1nnc(-c2cncc(C)c2)n1-c1c(OC)cccc1OC. The Morgan fingerprint density at radius 1 is 1.03 bits per heavy atom. The first kappa shape index (κ1) is 28.0. The molecule has 0 aliphatic rings. The molecule has 0 aliphatic heterocycles. The Balaban J connectivity index is 1.84. The van der Waals surface area contributed by atoms with E-state index >= 15 is 0 Å². The van der Waals surface area contributed by atoms with Gasteiger partial charge in [-0.05, 0) is 44.5 Å². The first-order chi connectivity index (χ1) is 18.7. The van der Waals surface area contributed by atoms with Crippen molar-refractivity contribution in [3.8, 4) is 28.6 Å². The van der Waals surface area contributed by atoms with Crippen molar-refractivity contribution in [2.75, 3.05) is 20.8 Å². The molecule has 4 aromatic rings. The van der Waals surface area contributed by atoms with E-state index in [1.54, 1.807) is 42.1 Å². The van der Waals surface area contributed by atoms with E-state index in [1.807, 2.05) is 13.0 Å². The highest BCUT2D eigenvalue weighted by Crippen LogP contribution is 2.37. The summed E-state index contributed by atoms with van der Waals surface area (Å²) in [5, 5.41) is 7.53. The number of nitrogens with zero attached hydrogens (tertiary/aromatic N) is 6. The minimum Gasteiger partial charge on any atom is -0.494 e. The van der Waals surface area contributed by atoms with Crippen molar-refractivity contribution >= 4 is 9.84 Å². The van der Waals surface area contributed by atoms with E-state index in [2.05, 4.69) is 25.1 Å². The number of aromatic nitrogens is 6. The normalized spacial score (nSPS) is 13.2. The molecule has 0 fully saturated rings. The summed E-state index contributed by atoms with van der Waals surface area (Å²) in [5.74, 6) is 0.248. The van der Waals surface area contributed by atoms with Crippen LogP contribution in [0.3, 0.4) is 0 Å². The fourth-order valence-electron chi connectivity index (χ4n) is 4.13. The zero-order valence-electron chi connectivity index (χ0n) is 22.2. The lowest BCUT2D eigenvalue weighted by Gasteiger charge is -2.23. The van der Waals surface area contributed by atoms with Crippen LogP contribution >= 0.6 is 0 Å². The summed E-state index contributed by atoms with van der Waals surface area (Å²) < 4.78 is 59.5. The molecule has 0 spiro atoms. The summed E-state index contributed by atoms with van der Waals surface area (Å²) >= 11 is 0. The van der Waals surface area contributed by atoms with Crippen LogP contribution in [0, 0.1) is 12.7 Å². The minimum absolute atomic E-state index is 0.0636. The molecule has 0 saturated carbocycles. The summed E-state index contributed by atoms with van der Waals surface area (Å²) in [5.41, 5.74) is 1.94. The molecule has 3 heterocycles. The summed E-state index contributed by atoms with van der Waals surface area (Å²) in [4.78, 5) is 12.2. The van der Waals surface area contributed by atoms with E-state index in [0.717, 1.165) is 18.0 Å². The lowest BCUT2D eigenvalue weighted by Crippen LogP contribution is -2.30. The maximum absolute atomic E-state index is 13.8. The summed E-state index contributed by atoms with van der Waals surface area (Å²) in [7, 11) is -0.950. The van der Waals surface area contributed by atoms with Crippen LogP contribution < -0.4 is 9.47 Å². The lowest BCUT2D eigenvalue weighted by molar-refractivity contribution is 0.0555. The Morgan fingerprint density at radius 2 is 1.69 bits per heavy atom. The van der Waals surface area contributed by atoms with Gasteiger partial charge >= 0.3 is 0 Å². The number of benzene rings is 1. The second-order valence-electron chi connectivity index (χ2n) is 8.69. The zero-order chi connectivity index (χ0) is 28.2. The van der Waals surface area contributed by atoms with Crippen LogP contribution in [-0.4, -0.2) is 64.2 Å². The molecule has 13 heteroatoms. The number of para-hydroxylation sites is 1. The standard InChI is InChI=1S/C26H29FN6O5S/c1-6-38-24(25-29-13-19(27)14-30-25)17(3)39(34,35)15-22-31-32-26(18-10-16(2)11-28-12-18)33(22)23-20(36-4)8-7-9-21(23)37-5/h7-14,17,24H,6,15H2,1-5H3/t17-,24-/m0/s1. The van der Waals surface area contributed by atoms with Crippen molar-refractivity contribution < 1.29 is 27.0 Å². The molecule has 0 radical (unpaired) electrons. The van der Waals surface area contributed by atoms with Gasteiger partial charge in [0.25, 0.3) is 0 Å². The van der Waals surface area contributed by atoms with Crippen molar-refractivity contribution in [1.29, 1.82) is 0 Å². The molecule has 0 aliphatic carbocycles. The van der Waals surface area contributed by atoms with Crippen LogP contribution in [-0.2, 0) is 20.3 Å². The summed E-state index contributed by atoms with van der Waals surface area (Å²) in [6, 6.07) is 7.09. The van der Waals surface area contributed by atoms with Crippen molar-refractivity contribution in [2.24, 2.45) is 0 Å². The summed E-state index contributed by atoms with van der Waals surface area (Å²) in [6.07, 6.45) is 4.23. The Hall–Kier alpha value is -3.97. The van der Waals surface area contributed by atoms with E-state index in [0.29, 0.717) is 28.6 Å². The second kappa shape index (κ2) is 11.8. The van der Waals surface area contributed by atoms with Crippen LogP contribution in [0.1, 0.15) is 37.2 Å². The average Bonchev–Trinajstić information content (AvgIpc) is 3.33. The highest BCUT2D eigenvalue weighted by molar-refractivity contribution is 7.91. The van der Waals surface area contributed by atoms with Gasteiger partial charge in [-0.2, -0.15) is 0 Å². The van der Waals surface area contributed by atoms with E-state index in [-0.39, 0.29) is 18.3 Å². The van der Waals surface area contributed by atoms with Gasteiger partial charge in [-0.3, -0.25) is 9.55 Å². The third-order valence-electron chi connectivity index (χ3n) is 6.05. The molecular formula is C26H29FN6O5S. The van der Waals surface area contributed by atoms with E-state index in [9.17, 15) is 12.8 Å². The first-order valence-electron chi connectivity index (χ1n) is 12.1. The molecule has 0 N–H and O–H groups in total. The lowest BCUT2D eigenvalue weighted by atomic mass is 10.2. The van der Waals surface area contributed by atoms with Crippen molar-refractivity contribution in [1.82, 2.24) is 29.7 Å². The highest BCUT2D eigenvalue weighted by atomic mass is 32.2. The van der Waals surface area contributed by atoms with Gasteiger partial charge in [0.15, 0.2) is 33.1 Å². The molecule has 39 heavy (non-hydrogen) atoms. The molecule has 1 aromatic carbocycles. The van der Waals surface area contributed by atoms with Gasteiger partial charge in [0.2, 0.25) is 0 Å². The van der Waals surface area contributed by atoms with Crippen LogP contribution in [0.5, 0.6) is 11.5 Å². The van der Waals surface area contributed by atoms with E-state index in [1.165, 1.54) is 21.1 Å². The number of pyridine rings is 1. The van der Waals surface area contributed by atoms with Gasteiger partial charge in [0, 0.05) is 24.6 Å². The third kappa shape index (κ3) is 5.88. The quantitative estimate of drug-likeness (QED) is 0.270. The van der Waals surface area contributed by atoms with Crippen molar-refractivity contribution in [3.63, 3.8) is 0 Å². The van der Waals surface area contributed by atoms with Gasteiger partial charge < -0.3 is 14.2 Å². The first-order valence-corrected chi connectivity index (χ1v) is 13.8. The van der Waals surface area contributed by atoms with Gasteiger partial charge in [-0.25, -0.2) is 22.8 Å². The molecule has 0 saturated heterocycles. The Morgan fingerprint density at radius 3 is 2.28 bits per heavy atom. The van der Waals surface area contributed by atoms with Crippen LogP contribution in [0.4, 0.5) is 4.39 Å². The molecule has 206 valence electrons. The van der Waals surface area contributed by atoms with Crippen LogP contribution in [0.25, 0.3) is 17.1 Å². The largest absolute Gasteiger partial charge is 0.494 e. The van der Waals surface area contributed by atoms with E-state index in [4.69, 9.17) is 14.2 Å². The second-order valence-corrected chi connectivity index (χ2v) is 11.0. The number of ether oxygens (including phenoxy) is 3. The maximum Gasteiger partial charge on any atom is 0.170 e. The molecule has 0 bridgehead atoms. The minimum atomic E-state index is -3.96. The number of hydrogen-bond donors (Lipinski definition) is 0. The fraction of sp³-hybridized carbons (Fsp3) is 0.346. The Bertz CT molecular complexity index is 1520. The predicted molar refractivity (Wildman–Crippen MR) is 141 cm³/mol. The highest BCUT2D eigenvalue weighted by Gasteiger charge is 2.35. The average molecular weight is 557 g/mol. The number of sulfone groups is 1. The molecule has 4 rings (SSSR count). The molecule has 0 unspecified atom stereocenters. The topological polar surface area (TPSA) is 131 Å². The van der Waals surface area contributed by atoms with Gasteiger partial charge in [-0.1, -0.05) is 6.07 Å². The van der Waals surface area contributed by atoms with Gasteiger partial charge in [-0.15, -0.1) is 10.2 Å². The predicted octanol–water partition coefficient (Wildman–Crippen LogP) is 3.67. The number of aryl methyl sites for hydroxylation is 1. The fourth-order valence-corrected chi connectivity index (χ4v) is 5.52. The molecule has 11 nitrogen and oxygen atoms in total. The number of methoxy groups -OCH3 is 2. The van der Waals surface area contributed by atoms with Gasteiger partial charge in [0.1, 0.15) is 29.0 Å². The van der Waals surface area contributed by atoms with Crippen molar-refractivity contribution in [3.05, 3.63) is 72.1 Å². The monoisotopic (exact) mass is 556 g/mol. The molecule has 2 atom stereocenters. The van der Waals surface area contributed by atoms with E-state index < -0.39 is 32.8 Å². The van der Waals surface area contributed by atoms with Crippen LogP contribution in [0.2, 0.25) is 0 Å². The summed E-state index contributed by atoms with van der Waals surface area (Å²) in [6.45, 7) is 5.31. The number of rotatable bonds is 11. The molecule has 3 aromatic heterocycles. The molecule has 0 amide bonds. The van der Waals surface area contributed by atoms with Crippen LogP contribution in [0.15, 0.2) is 49.1 Å². The van der Waals surface area contributed by atoms with Gasteiger partial charge in [0.05, 0.1) is 31.9 Å². The van der Waals surface area contributed by atoms with Crippen molar-refractivity contribution in [2.45, 2.75) is 37.9 Å². The zero-order valence-corrected chi connectivity index (χ0v) is 23.0.